The van der Waals surface area contributed by atoms with Crippen LogP contribution in [0.25, 0.3) is 11.3 Å². The lowest BCUT2D eigenvalue weighted by molar-refractivity contribution is -0.0226. The van der Waals surface area contributed by atoms with Gasteiger partial charge >= 0.3 is 0 Å². The van der Waals surface area contributed by atoms with Gasteiger partial charge in [0.05, 0.1) is 35.4 Å². The van der Waals surface area contributed by atoms with Gasteiger partial charge in [0.25, 0.3) is 0 Å². The standard InChI is InChI=1S/C18H25Cl2N5O3/c1-4-27-8-11(26)9-28-10-18(2,3)23-17-22-16(21)15(24-25-17)12-6-5-7-13(19)14(12)20/h5-7,11,26H,4,8-10H2,1-3H3,(H3,21,22,23,25)/t11-/m1/s1. The average Bonchev–Trinajstić information content (AvgIpc) is 2.62. The molecule has 4 N–H and O–H groups in total. The van der Waals surface area contributed by atoms with Gasteiger partial charge in [0, 0.05) is 12.2 Å². The van der Waals surface area contributed by atoms with Crippen LogP contribution in [0.2, 0.25) is 10.0 Å². The Kier molecular flexibility index (Phi) is 8.21. The Morgan fingerprint density at radius 3 is 2.61 bits per heavy atom. The van der Waals surface area contributed by atoms with E-state index in [2.05, 4.69) is 20.5 Å². The number of aromatic nitrogens is 3. The highest BCUT2D eigenvalue weighted by atomic mass is 35.5. The van der Waals surface area contributed by atoms with Crippen molar-refractivity contribution in [2.45, 2.75) is 32.4 Å². The van der Waals surface area contributed by atoms with E-state index in [1.807, 2.05) is 20.8 Å². The van der Waals surface area contributed by atoms with Crippen molar-refractivity contribution in [3.63, 3.8) is 0 Å². The minimum Gasteiger partial charge on any atom is -0.388 e. The van der Waals surface area contributed by atoms with E-state index in [1.54, 1.807) is 18.2 Å². The molecule has 0 fully saturated rings. The summed E-state index contributed by atoms with van der Waals surface area (Å²) in [5.41, 5.74) is 6.44. The summed E-state index contributed by atoms with van der Waals surface area (Å²) in [6, 6.07) is 5.17. The Bertz CT molecular complexity index is 792. The van der Waals surface area contributed by atoms with Crippen molar-refractivity contribution in [3.05, 3.63) is 28.2 Å². The first-order valence-corrected chi connectivity index (χ1v) is 9.55. The van der Waals surface area contributed by atoms with Gasteiger partial charge in [-0.25, -0.2) is 0 Å². The molecule has 154 valence electrons. The van der Waals surface area contributed by atoms with Gasteiger partial charge in [-0.05, 0) is 26.8 Å². The summed E-state index contributed by atoms with van der Waals surface area (Å²) in [5, 5.41) is 21.8. The van der Waals surface area contributed by atoms with Crippen LogP contribution in [0.15, 0.2) is 18.2 Å². The highest BCUT2D eigenvalue weighted by molar-refractivity contribution is 6.43. The van der Waals surface area contributed by atoms with Crippen LogP contribution in [0.4, 0.5) is 11.8 Å². The molecule has 0 saturated heterocycles. The van der Waals surface area contributed by atoms with E-state index in [4.69, 9.17) is 38.4 Å². The number of ether oxygens (including phenoxy) is 2. The summed E-state index contributed by atoms with van der Waals surface area (Å²) in [5.74, 6) is 0.424. The maximum atomic E-state index is 9.74. The lowest BCUT2D eigenvalue weighted by Gasteiger charge is -2.26. The van der Waals surface area contributed by atoms with Gasteiger partial charge in [0.1, 0.15) is 11.8 Å². The summed E-state index contributed by atoms with van der Waals surface area (Å²) in [6.07, 6.45) is -0.675. The van der Waals surface area contributed by atoms with Crippen LogP contribution < -0.4 is 11.1 Å². The van der Waals surface area contributed by atoms with Gasteiger partial charge in [0.2, 0.25) is 5.95 Å². The number of anilines is 2. The minimum absolute atomic E-state index is 0.165. The van der Waals surface area contributed by atoms with Crippen LogP contribution >= 0.6 is 23.2 Å². The fraction of sp³-hybridized carbons (Fsp3) is 0.500. The minimum atomic E-state index is -0.675. The zero-order chi connectivity index (χ0) is 20.7. The highest BCUT2D eigenvalue weighted by Gasteiger charge is 2.21. The lowest BCUT2D eigenvalue weighted by atomic mass is 10.1. The first kappa shape index (κ1) is 22.6. The Morgan fingerprint density at radius 2 is 1.93 bits per heavy atom. The summed E-state index contributed by atoms with van der Waals surface area (Å²) < 4.78 is 10.7. The molecule has 0 saturated carbocycles. The average molecular weight is 430 g/mol. The van der Waals surface area contributed by atoms with Gasteiger partial charge in [0.15, 0.2) is 5.82 Å². The summed E-state index contributed by atoms with van der Waals surface area (Å²) in [6.45, 7) is 6.94. The highest BCUT2D eigenvalue weighted by Crippen LogP contribution is 2.34. The van der Waals surface area contributed by atoms with Gasteiger partial charge < -0.3 is 25.6 Å². The molecular weight excluding hydrogens is 405 g/mol. The molecule has 1 aromatic carbocycles. The zero-order valence-corrected chi connectivity index (χ0v) is 17.6. The molecule has 0 aliphatic rings. The van der Waals surface area contributed by atoms with Crippen LogP contribution in [-0.4, -0.2) is 58.4 Å². The second-order valence-corrected chi connectivity index (χ2v) is 7.59. The third-order valence-electron chi connectivity index (χ3n) is 3.66. The first-order chi connectivity index (χ1) is 13.2. The number of nitrogens with one attached hydrogen (secondary N) is 1. The molecule has 0 bridgehead atoms. The van der Waals surface area contributed by atoms with E-state index in [0.29, 0.717) is 34.5 Å². The molecule has 1 aromatic heterocycles. The van der Waals surface area contributed by atoms with Gasteiger partial charge in [-0.15, -0.1) is 10.2 Å². The van der Waals surface area contributed by atoms with Gasteiger partial charge in [-0.3, -0.25) is 0 Å². The number of benzene rings is 1. The second kappa shape index (κ2) is 10.2. The molecule has 0 radical (unpaired) electrons. The smallest absolute Gasteiger partial charge is 0.245 e. The van der Waals surface area contributed by atoms with Crippen molar-refractivity contribution < 1.29 is 14.6 Å². The molecule has 8 nitrogen and oxygen atoms in total. The van der Waals surface area contributed by atoms with Crippen molar-refractivity contribution >= 4 is 35.0 Å². The monoisotopic (exact) mass is 429 g/mol. The zero-order valence-electron chi connectivity index (χ0n) is 16.1. The molecular formula is C18H25Cl2N5O3. The summed E-state index contributed by atoms with van der Waals surface area (Å²) in [7, 11) is 0. The van der Waals surface area contributed by atoms with E-state index in [1.165, 1.54) is 0 Å². The molecule has 0 amide bonds. The number of nitrogen functional groups attached to an aromatic ring is 1. The number of aliphatic hydroxyl groups excluding tert-OH is 1. The molecule has 10 heteroatoms. The fourth-order valence-corrected chi connectivity index (χ4v) is 2.75. The number of nitrogens with zero attached hydrogens (tertiary/aromatic N) is 3. The van der Waals surface area contributed by atoms with Crippen LogP contribution in [-0.2, 0) is 9.47 Å². The van der Waals surface area contributed by atoms with Crippen LogP contribution in [0.3, 0.4) is 0 Å². The molecule has 0 aliphatic heterocycles. The third-order valence-corrected chi connectivity index (χ3v) is 4.48. The molecule has 0 spiro atoms. The van der Waals surface area contributed by atoms with Crippen LogP contribution in [0.1, 0.15) is 20.8 Å². The Labute approximate surface area is 174 Å². The predicted molar refractivity (Wildman–Crippen MR) is 111 cm³/mol. The molecule has 0 unspecified atom stereocenters. The molecule has 2 aromatic rings. The van der Waals surface area contributed by atoms with Crippen molar-refractivity contribution in [1.82, 2.24) is 15.2 Å². The first-order valence-electron chi connectivity index (χ1n) is 8.80. The van der Waals surface area contributed by atoms with Gasteiger partial charge in [-0.2, -0.15) is 4.98 Å². The molecule has 1 atom stereocenters. The number of nitrogens with two attached hydrogens (primary N) is 1. The SMILES string of the molecule is CCOC[C@@H](O)COCC(C)(C)Nc1nnc(-c2cccc(Cl)c2Cl)c(N)n1. The number of hydrogen-bond donors (Lipinski definition) is 3. The number of aliphatic hydroxyl groups is 1. The van der Waals surface area contributed by atoms with E-state index in [0.717, 1.165) is 0 Å². The van der Waals surface area contributed by atoms with E-state index in [-0.39, 0.29) is 25.0 Å². The maximum Gasteiger partial charge on any atom is 0.245 e. The van der Waals surface area contributed by atoms with E-state index < -0.39 is 11.6 Å². The lowest BCUT2D eigenvalue weighted by Crippen LogP contribution is -2.38. The summed E-state index contributed by atoms with van der Waals surface area (Å²) >= 11 is 12.3. The fourth-order valence-electron chi connectivity index (χ4n) is 2.36. The van der Waals surface area contributed by atoms with E-state index >= 15 is 0 Å². The third kappa shape index (κ3) is 6.42. The largest absolute Gasteiger partial charge is 0.388 e. The predicted octanol–water partition coefficient (Wildman–Crippen LogP) is 3.03. The number of rotatable bonds is 10. The second-order valence-electron chi connectivity index (χ2n) is 6.81. The molecule has 0 aliphatic carbocycles. The summed E-state index contributed by atoms with van der Waals surface area (Å²) in [4.78, 5) is 4.26. The maximum absolute atomic E-state index is 9.74. The van der Waals surface area contributed by atoms with Crippen LogP contribution in [0, 0.1) is 0 Å². The number of hydrogen-bond acceptors (Lipinski definition) is 8. The molecule has 28 heavy (non-hydrogen) atoms. The van der Waals surface area contributed by atoms with Crippen LogP contribution in [0.5, 0.6) is 0 Å². The van der Waals surface area contributed by atoms with Crippen molar-refractivity contribution in [3.8, 4) is 11.3 Å². The topological polar surface area (TPSA) is 115 Å². The van der Waals surface area contributed by atoms with Gasteiger partial charge in [-0.1, -0.05) is 35.3 Å². The quantitative estimate of drug-likeness (QED) is 0.527. The molecule has 1 heterocycles. The Hall–Kier alpha value is -1.71. The van der Waals surface area contributed by atoms with E-state index in [9.17, 15) is 5.11 Å². The Morgan fingerprint density at radius 1 is 1.21 bits per heavy atom. The Balaban J connectivity index is 2.00. The molecule has 2 rings (SSSR count). The van der Waals surface area contributed by atoms with Crippen molar-refractivity contribution in [2.24, 2.45) is 0 Å². The number of halogens is 2. The normalized spacial score (nSPS) is 12.8. The van der Waals surface area contributed by atoms with Crippen molar-refractivity contribution in [2.75, 3.05) is 37.5 Å². The van der Waals surface area contributed by atoms with Crippen molar-refractivity contribution in [1.29, 1.82) is 0 Å².